The number of halogens is 2. The molecule has 0 radical (unpaired) electrons. The molecule has 1 amide bonds. The van der Waals surface area contributed by atoms with Gasteiger partial charge in [0.05, 0.1) is 11.4 Å². The van der Waals surface area contributed by atoms with E-state index in [0.29, 0.717) is 30.3 Å². The number of anilines is 1. The van der Waals surface area contributed by atoms with Gasteiger partial charge in [0.1, 0.15) is 11.5 Å². The predicted molar refractivity (Wildman–Crippen MR) is 158 cm³/mol. The molecule has 5 rings (SSSR count). The Morgan fingerprint density at radius 3 is 2.44 bits per heavy atom. The SMILES string of the molecule is C=CC(=O)N1[C@H](C)CN(c2nc(=O)n(-c3c(C)ccnc3C(C)C)c3nc(-c4ccccc4F)c(Cl)nc23)C[C@@H]1C. The molecular formula is C30H31ClFN7O2. The number of carbonyl (C=O) groups is 1. The highest BCUT2D eigenvalue weighted by Gasteiger charge is 2.34. The molecule has 0 N–H and O–H groups in total. The van der Waals surface area contributed by atoms with Gasteiger partial charge < -0.3 is 9.80 Å². The first-order valence-corrected chi connectivity index (χ1v) is 13.8. The minimum absolute atomic E-state index is 0.0185. The number of amides is 1. The van der Waals surface area contributed by atoms with E-state index in [1.54, 1.807) is 29.3 Å². The molecule has 0 unspecified atom stereocenters. The van der Waals surface area contributed by atoms with Crippen LogP contribution in [0.1, 0.15) is 44.9 Å². The van der Waals surface area contributed by atoms with Gasteiger partial charge in [0.15, 0.2) is 22.1 Å². The van der Waals surface area contributed by atoms with Crippen molar-refractivity contribution < 1.29 is 9.18 Å². The molecule has 1 aromatic carbocycles. The molecule has 1 saturated heterocycles. The zero-order chi connectivity index (χ0) is 29.6. The van der Waals surface area contributed by atoms with Gasteiger partial charge >= 0.3 is 5.69 Å². The van der Waals surface area contributed by atoms with Crippen molar-refractivity contribution in [2.75, 3.05) is 18.0 Å². The van der Waals surface area contributed by atoms with Gasteiger partial charge in [0.25, 0.3) is 0 Å². The third-order valence-electron chi connectivity index (χ3n) is 7.35. The number of hydrogen-bond acceptors (Lipinski definition) is 7. The van der Waals surface area contributed by atoms with Gasteiger partial charge in [0.2, 0.25) is 5.91 Å². The van der Waals surface area contributed by atoms with E-state index in [0.717, 1.165) is 5.56 Å². The van der Waals surface area contributed by atoms with Crippen LogP contribution in [0.5, 0.6) is 0 Å². The average Bonchev–Trinajstić information content (AvgIpc) is 2.92. The molecule has 9 nitrogen and oxygen atoms in total. The van der Waals surface area contributed by atoms with Gasteiger partial charge in [-0.05, 0) is 56.5 Å². The average molecular weight is 576 g/mol. The Morgan fingerprint density at radius 1 is 1.12 bits per heavy atom. The highest BCUT2D eigenvalue weighted by molar-refractivity contribution is 6.32. The molecule has 4 heterocycles. The second kappa shape index (κ2) is 11.0. The highest BCUT2D eigenvalue weighted by atomic mass is 35.5. The van der Waals surface area contributed by atoms with Gasteiger partial charge in [-0.25, -0.2) is 23.7 Å². The van der Waals surface area contributed by atoms with Crippen LogP contribution in [0.15, 0.2) is 54.0 Å². The molecule has 2 atom stereocenters. The van der Waals surface area contributed by atoms with E-state index in [-0.39, 0.29) is 51.5 Å². The fourth-order valence-electron chi connectivity index (χ4n) is 5.56. The number of pyridine rings is 1. The maximum absolute atomic E-state index is 14.9. The molecule has 41 heavy (non-hydrogen) atoms. The van der Waals surface area contributed by atoms with Crippen LogP contribution in [0, 0.1) is 12.7 Å². The maximum atomic E-state index is 14.9. The van der Waals surface area contributed by atoms with Crippen molar-refractivity contribution in [1.29, 1.82) is 0 Å². The summed E-state index contributed by atoms with van der Waals surface area (Å²) in [6.07, 6.45) is 3.00. The summed E-state index contributed by atoms with van der Waals surface area (Å²) in [6.45, 7) is 14.1. The Balaban J connectivity index is 1.81. The fourth-order valence-corrected chi connectivity index (χ4v) is 5.79. The molecule has 1 fully saturated rings. The Bertz CT molecular complexity index is 1730. The fraction of sp³-hybridized carbons (Fsp3) is 0.333. The van der Waals surface area contributed by atoms with Crippen molar-refractivity contribution in [3.05, 3.63) is 81.9 Å². The van der Waals surface area contributed by atoms with Crippen LogP contribution >= 0.6 is 11.6 Å². The molecule has 0 aliphatic carbocycles. The zero-order valence-electron chi connectivity index (χ0n) is 23.6. The number of benzene rings is 1. The molecule has 1 aliphatic rings. The second-order valence-corrected chi connectivity index (χ2v) is 11.0. The van der Waals surface area contributed by atoms with Crippen molar-refractivity contribution in [3.63, 3.8) is 0 Å². The van der Waals surface area contributed by atoms with Gasteiger partial charge in [-0.15, -0.1) is 0 Å². The highest BCUT2D eigenvalue weighted by Crippen LogP contribution is 2.34. The summed E-state index contributed by atoms with van der Waals surface area (Å²) in [5.74, 6) is -0.399. The molecule has 0 bridgehead atoms. The Kier molecular flexibility index (Phi) is 7.61. The van der Waals surface area contributed by atoms with Crippen LogP contribution in [0.4, 0.5) is 10.2 Å². The summed E-state index contributed by atoms with van der Waals surface area (Å²) < 4.78 is 16.3. The van der Waals surface area contributed by atoms with E-state index in [9.17, 15) is 14.0 Å². The first-order valence-electron chi connectivity index (χ1n) is 13.4. The molecule has 212 valence electrons. The third kappa shape index (κ3) is 4.97. The molecular weight excluding hydrogens is 545 g/mol. The number of aromatic nitrogens is 5. The van der Waals surface area contributed by atoms with Crippen molar-refractivity contribution in [3.8, 4) is 16.9 Å². The quantitative estimate of drug-likeness (QED) is 0.306. The Labute approximate surface area is 242 Å². The summed E-state index contributed by atoms with van der Waals surface area (Å²) >= 11 is 6.66. The van der Waals surface area contributed by atoms with Crippen LogP contribution in [0.3, 0.4) is 0 Å². The lowest BCUT2D eigenvalue weighted by Crippen LogP contribution is -2.58. The number of nitrogens with zero attached hydrogens (tertiary/aromatic N) is 7. The van der Waals surface area contributed by atoms with Crippen LogP contribution in [-0.2, 0) is 4.79 Å². The van der Waals surface area contributed by atoms with E-state index in [4.69, 9.17) is 16.6 Å². The summed E-state index contributed by atoms with van der Waals surface area (Å²) in [6, 6.07) is 7.56. The summed E-state index contributed by atoms with van der Waals surface area (Å²) in [7, 11) is 0. The van der Waals surface area contributed by atoms with Gasteiger partial charge in [-0.3, -0.25) is 9.78 Å². The number of fused-ring (bicyclic) bond motifs is 1. The van der Waals surface area contributed by atoms with Crippen molar-refractivity contribution >= 4 is 34.5 Å². The summed E-state index contributed by atoms with van der Waals surface area (Å²) in [5, 5.41) is -0.0237. The first-order chi connectivity index (χ1) is 19.5. The van der Waals surface area contributed by atoms with E-state index in [1.165, 1.54) is 16.7 Å². The smallest absolute Gasteiger partial charge is 0.350 e. The van der Waals surface area contributed by atoms with Crippen LogP contribution in [0.25, 0.3) is 28.1 Å². The number of rotatable bonds is 5. The van der Waals surface area contributed by atoms with Gasteiger partial charge in [0, 0.05) is 36.9 Å². The largest absolute Gasteiger partial charge is 0.356 e. The minimum atomic E-state index is -0.577. The van der Waals surface area contributed by atoms with Gasteiger partial charge in [-0.1, -0.05) is 44.2 Å². The third-order valence-corrected chi connectivity index (χ3v) is 7.62. The minimum Gasteiger partial charge on any atom is -0.350 e. The van der Waals surface area contributed by atoms with E-state index >= 15 is 0 Å². The topological polar surface area (TPSA) is 97.1 Å². The molecule has 11 heteroatoms. The van der Waals surface area contributed by atoms with Crippen LogP contribution < -0.4 is 10.6 Å². The molecule has 0 saturated carbocycles. The number of hydrogen-bond donors (Lipinski definition) is 0. The lowest BCUT2D eigenvalue weighted by atomic mass is 10.0. The first kappa shape index (κ1) is 28.4. The Morgan fingerprint density at radius 2 is 1.80 bits per heavy atom. The van der Waals surface area contributed by atoms with Crippen molar-refractivity contribution in [2.24, 2.45) is 0 Å². The molecule has 1 aliphatic heterocycles. The Hall–Kier alpha value is -4.18. The summed E-state index contributed by atoms with van der Waals surface area (Å²) in [5.41, 5.74) is 2.20. The second-order valence-electron chi connectivity index (χ2n) is 10.6. The normalized spacial score (nSPS) is 17.4. The number of aryl methyl sites for hydroxylation is 1. The lowest BCUT2D eigenvalue weighted by molar-refractivity contribution is -0.130. The zero-order valence-corrected chi connectivity index (χ0v) is 24.4. The van der Waals surface area contributed by atoms with E-state index in [1.807, 2.05) is 45.6 Å². The standard InChI is InChI=1S/C30H31ClFN7O2/c1-7-22(40)38-18(5)14-37(15-19(38)6)28-25-29(35-24(27(31)34-25)20-10-8-9-11-21(20)32)39(30(41)36-28)26-17(4)12-13-33-23(26)16(2)3/h7-13,16,18-19H,1,14-15H2,2-6H3/t18-,19+. The van der Waals surface area contributed by atoms with E-state index in [2.05, 4.69) is 21.5 Å². The lowest BCUT2D eigenvalue weighted by Gasteiger charge is -2.44. The van der Waals surface area contributed by atoms with Gasteiger partial charge in [-0.2, -0.15) is 4.98 Å². The number of piperazine rings is 1. The van der Waals surface area contributed by atoms with Crippen LogP contribution in [0.2, 0.25) is 5.15 Å². The van der Waals surface area contributed by atoms with Crippen molar-refractivity contribution in [2.45, 2.75) is 52.6 Å². The maximum Gasteiger partial charge on any atom is 0.356 e. The summed E-state index contributed by atoms with van der Waals surface area (Å²) in [4.78, 5) is 48.7. The van der Waals surface area contributed by atoms with Crippen molar-refractivity contribution in [1.82, 2.24) is 29.4 Å². The number of carbonyl (C=O) groups excluding carboxylic acids is 1. The van der Waals surface area contributed by atoms with Crippen LogP contribution in [-0.4, -0.2) is 60.5 Å². The molecule has 4 aromatic rings. The molecule has 0 spiro atoms. The van der Waals surface area contributed by atoms with E-state index < -0.39 is 11.5 Å². The predicted octanol–water partition coefficient (Wildman–Crippen LogP) is 5.07. The monoisotopic (exact) mass is 575 g/mol. The molecule has 3 aromatic heterocycles.